The van der Waals surface area contributed by atoms with Crippen LogP contribution in [0.15, 0.2) is 48.8 Å². The van der Waals surface area contributed by atoms with Crippen molar-refractivity contribution in [3.63, 3.8) is 0 Å². The molecule has 24 heavy (non-hydrogen) atoms. The number of carbonyl (C=O) groups excluding carboxylic acids is 1. The molecule has 126 valence electrons. The molecule has 3 rings (SSSR count). The van der Waals surface area contributed by atoms with Gasteiger partial charge in [-0.3, -0.25) is 4.98 Å². The van der Waals surface area contributed by atoms with Gasteiger partial charge >= 0.3 is 6.03 Å². The lowest BCUT2D eigenvalue weighted by atomic mass is 9.88. The molecule has 0 bridgehead atoms. The highest BCUT2D eigenvalue weighted by Crippen LogP contribution is 2.29. The van der Waals surface area contributed by atoms with Gasteiger partial charge in [-0.05, 0) is 55.0 Å². The van der Waals surface area contributed by atoms with E-state index in [1.165, 1.54) is 0 Å². The molecule has 1 atom stereocenters. The molecule has 1 aromatic heterocycles. The van der Waals surface area contributed by atoms with Gasteiger partial charge in [-0.1, -0.05) is 18.2 Å². The van der Waals surface area contributed by atoms with E-state index >= 15 is 0 Å². The number of aromatic nitrogens is 1. The predicted octanol–water partition coefficient (Wildman–Crippen LogP) is 3.68. The number of rotatable bonds is 4. The van der Waals surface area contributed by atoms with Crippen molar-refractivity contribution in [1.29, 1.82) is 0 Å². The molecule has 2 heterocycles. The number of pyridine rings is 1. The highest BCUT2D eigenvalue weighted by atomic mass is 16.5. The highest BCUT2D eigenvalue weighted by Gasteiger charge is 2.27. The number of anilines is 1. The van der Waals surface area contributed by atoms with Gasteiger partial charge in [0.05, 0.1) is 6.04 Å². The van der Waals surface area contributed by atoms with E-state index in [2.05, 4.69) is 15.6 Å². The SMILES string of the molecule is Cc1cccc(NC(=O)NC(c2cccnc2)C2CCOCC2)c1. The van der Waals surface area contributed by atoms with Crippen molar-refractivity contribution in [3.05, 3.63) is 59.9 Å². The van der Waals surface area contributed by atoms with E-state index in [0.717, 1.165) is 42.9 Å². The topological polar surface area (TPSA) is 63.2 Å². The summed E-state index contributed by atoms with van der Waals surface area (Å²) in [5.41, 5.74) is 2.94. The van der Waals surface area contributed by atoms with Crippen molar-refractivity contribution in [2.24, 2.45) is 5.92 Å². The fourth-order valence-electron chi connectivity index (χ4n) is 3.11. The van der Waals surface area contributed by atoms with Crippen LogP contribution in [0.25, 0.3) is 0 Å². The van der Waals surface area contributed by atoms with E-state index in [0.29, 0.717) is 5.92 Å². The quantitative estimate of drug-likeness (QED) is 0.901. The Morgan fingerprint density at radius 2 is 2.08 bits per heavy atom. The normalized spacial score (nSPS) is 16.4. The van der Waals surface area contributed by atoms with Crippen LogP contribution in [0.1, 0.15) is 30.0 Å². The first kappa shape index (κ1) is 16.5. The minimum absolute atomic E-state index is 0.0626. The van der Waals surface area contributed by atoms with E-state index < -0.39 is 0 Å². The number of urea groups is 1. The van der Waals surface area contributed by atoms with Crippen molar-refractivity contribution in [2.45, 2.75) is 25.8 Å². The lowest BCUT2D eigenvalue weighted by molar-refractivity contribution is 0.0550. The van der Waals surface area contributed by atoms with Crippen LogP contribution >= 0.6 is 0 Å². The molecule has 1 aliphatic heterocycles. The fraction of sp³-hybridized carbons (Fsp3) is 0.368. The van der Waals surface area contributed by atoms with Crippen LogP contribution in [0.4, 0.5) is 10.5 Å². The van der Waals surface area contributed by atoms with Crippen LogP contribution in [-0.4, -0.2) is 24.2 Å². The van der Waals surface area contributed by atoms with E-state index in [9.17, 15) is 4.79 Å². The third-order valence-electron chi connectivity index (χ3n) is 4.34. The van der Waals surface area contributed by atoms with Gasteiger partial charge in [-0.2, -0.15) is 0 Å². The molecule has 5 nitrogen and oxygen atoms in total. The molecular formula is C19H23N3O2. The zero-order valence-corrected chi connectivity index (χ0v) is 13.9. The summed E-state index contributed by atoms with van der Waals surface area (Å²) in [5, 5.41) is 6.05. The smallest absolute Gasteiger partial charge is 0.319 e. The van der Waals surface area contributed by atoms with Crippen LogP contribution in [0.2, 0.25) is 0 Å². The Labute approximate surface area is 142 Å². The zero-order valence-electron chi connectivity index (χ0n) is 13.9. The van der Waals surface area contributed by atoms with E-state index in [4.69, 9.17) is 4.74 Å². The number of hydrogen-bond acceptors (Lipinski definition) is 3. The first-order valence-electron chi connectivity index (χ1n) is 8.34. The van der Waals surface area contributed by atoms with Crippen molar-refractivity contribution < 1.29 is 9.53 Å². The zero-order chi connectivity index (χ0) is 16.8. The molecule has 0 saturated carbocycles. The molecule has 0 radical (unpaired) electrons. The standard InChI is InChI=1S/C19H23N3O2/c1-14-4-2-6-17(12-14)21-19(23)22-18(15-7-10-24-11-8-15)16-5-3-9-20-13-16/h2-6,9,12-13,15,18H,7-8,10-11H2,1H3,(H2,21,22,23). The van der Waals surface area contributed by atoms with Gasteiger partial charge < -0.3 is 15.4 Å². The second kappa shape index (κ2) is 7.93. The number of carbonyl (C=O) groups is 1. The average Bonchev–Trinajstić information content (AvgIpc) is 2.61. The average molecular weight is 325 g/mol. The van der Waals surface area contributed by atoms with Crippen LogP contribution in [0.5, 0.6) is 0 Å². The van der Waals surface area contributed by atoms with Gasteiger partial charge in [-0.15, -0.1) is 0 Å². The Morgan fingerprint density at radius 1 is 1.25 bits per heavy atom. The first-order chi connectivity index (χ1) is 11.7. The number of benzene rings is 1. The molecule has 1 aromatic carbocycles. The summed E-state index contributed by atoms with van der Waals surface area (Å²) >= 11 is 0. The summed E-state index contributed by atoms with van der Waals surface area (Å²) in [6.07, 6.45) is 5.44. The second-order valence-corrected chi connectivity index (χ2v) is 6.18. The van der Waals surface area contributed by atoms with Gasteiger partial charge in [-0.25, -0.2) is 4.79 Å². The van der Waals surface area contributed by atoms with Gasteiger partial charge in [0.25, 0.3) is 0 Å². The first-order valence-corrected chi connectivity index (χ1v) is 8.34. The van der Waals surface area contributed by atoms with Gasteiger partial charge in [0, 0.05) is 31.3 Å². The molecule has 1 saturated heterocycles. The fourth-order valence-corrected chi connectivity index (χ4v) is 3.11. The van der Waals surface area contributed by atoms with Crippen LogP contribution in [0.3, 0.4) is 0 Å². The molecule has 1 aliphatic rings. The molecule has 2 amide bonds. The summed E-state index contributed by atoms with van der Waals surface area (Å²) in [7, 11) is 0. The van der Waals surface area contributed by atoms with Crippen LogP contribution < -0.4 is 10.6 Å². The lowest BCUT2D eigenvalue weighted by Crippen LogP contribution is -2.38. The molecule has 2 N–H and O–H groups in total. The summed E-state index contributed by atoms with van der Waals surface area (Å²) in [6, 6.07) is 11.4. The Bertz CT molecular complexity index is 669. The minimum Gasteiger partial charge on any atom is -0.381 e. The monoisotopic (exact) mass is 325 g/mol. The number of nitrogens with one attached hydrogen (secondary N) is 2. The van der Waals surface area contributed by atoms with Gasteiger partial charge in [0.2, 0.25) is 0 Å². The van der Waals surface area contributed by atoms with E-state index in [1.54, 1.807) is 6.20 Å². The maximum atomic E-state index is 12.5. The third-order valence-corrected chi connectivity index (χ3v) is 4.34. The number of amides is 2. The number of nitrogens with zero attached hydrogens (tertiary/aromatic N) is 1. The maximum Gasteiger partial charge on any atom is 0.319 e. The number of ether oxygens (including phenoxy) is 1. The molecule has 0 spiro atoms. The Kier molecular flexibility index (Phi) is 5.43. The van der Waals surface area contributed by atoms with Crippen molar-refractivity contribution >= 4 is 11.7 Å². The van der Waals surface area contributed by atoms with E-state index in [-0.39, 0.29) is 12.1 Å². The molecule has 0 aliphatic carbocycles. The van der Waals surface area contributed by atoms with Crippen molar-refractivity contribution in [3.8, 4) is 0 Å². The van der Waals surface area contributed by atoms with Crippen molar-refractivity contribution in [1.82, 2.24) is 10.3 Å². The molecule has 5 heteroatoms. The lowest BCUT2D eigenvalue weighted by Gasteiger charge is -2.31. The Morgan fingerprint density at radius 3 is 2.79 bits per heavy atom. The minimum atomic E-state index is -0.194. The summed E-state index contributed by atoms with van der Waals surface area (Å²) in [5.74, 6) is 0.353. The summed E-state index contributed by atoms with van der Waals surface area (Å²) in [4.78, 5) is 16.7. The van der Waals surface area contributed by atoms with E-state index in [1.807, 2.05) is 49.5 Å². The van der Waals surface area contributed by atoms with Gasteiger partial charge in [0.1, 0.15) is 0 Å². The molecular weight excluding hydrogens is 302 g/mol. The predicted molar refractivity (Wildman–Crippen MR) is 93.9 cm³/mol. The van der Waals surface area contributed by atoms with Gasteiger partial charge in [0.15, 0.2) is 0 Å². The molecule has 1 unspecified atom stereocenters. The number of hydrogen-bond donors (Lipinski definition) is 2. The Hall–Kier alpha value is -2.40. The molecule has 1 fully saturated rings. The largest absolute Gasteiger partial charge is 0.381 e. The third kappa shape index (κ3) is 4.32. The van der Waals surface area contributed by atoms with Crippen LogP contribution in [0, 0.1) is 12.8 Å². The second-order valence-electron chi connectivity index (χ2n) is 6.18. The summed E-state index contributed by atoms with van der Waals surface area (Å²) in [6.45, 7) is 3.48. The number of aryl methyl sites for hydroxylation is 1. The Balaban J connectivity index is 1.72. The van der Waals surface area contributed by atoms with Crippen molar-refractivity contribution in [2.75, 3.05) is 18.5 Å². The maximum absolute atomic E-state index is 12.5. The summed E-state index contributed by atoms with van der Waals surface area (Å²) < 4.78 is 5.46. The highest BCUT2D eigenvalue weighted by molar-refractivity contribution is 5.89. The molecule has 2 aromatic rings. The van der Waals surface area contributed by atoms with Crippen LogP contribution in [-0.2, 0) is 4.74 Å².